The van der Waals surface area contributed by atoms with Gasteiger partial charge in [0.05, 0.1) is 0 Å². The van der Waals surface area contributed by atoms with E-state index in [9.17, 15) is 4.79 Å². The van der Waals surface area contributed by atoms with Gasteiger partial charge in [-0.3, -0.25) is 4.79 Å². The average Bonchev–Trinajstić information content (AvgIpc) is 2.61. The summed E-state index contributed by atoms with van der Waals surface area (Å²) < 4.78 is 0. The Morgan fingerprint density at radius 2 is 2.07 bits per heavy atom. The highest BCUT2D eigenvalue weighted by molar-refractivity contribution is 5.95. The Kier molecular flexibility index (Phi) is 2.50. The zero-order chi connectivity index (χ0) is 9.97. The molecule has 1 heterocycles. The van der Waals surface area contributed by atoms with Crippen molar-refractivity contribution in [3.8, 4) is 0 Å². The van der Waals surface area contributed by atoms with Crippen molar-refractivity contribution in [3.63, 3.8) is 0 Å². The van der Waals surface area contributed by atoms with Gasteiger partial charge in [-0.2, -0.15) is 0 Å². The predicted molar refractivity (Wildman–Crippen MR) is 56.0 cm³/mol. The number of anilines is 1. The highest BCUT2D eigenvalue weighted by Gasteiger charge is 2.29. The van der Waals surface area contributed by atoms with Crippen LogP contribution in [0, 0.1) is 5.92 Å². The van der Waals surface area contributed by atoms with Crippen molar-refractivity contribution in [3.05, 3.63) is 30.3 Å². The van der Waals surface area contributed by atoms with Crippen molar-refractivity contribution in [1.29, 1.82) is 0 Å². The number of nitrogens with zero attached hydrogens (tertiary/aromatic N) is 1. The molecular weight excluding hydrogens is 176 g/mol. The molecule has 0 aromatic heterocycles. The molecule has 0 saturated carbocycles. The third kappa shape index (κ3) is 1.63. The molecule has 1 amide bonds. The van der Waals surface area contributed by atoms with Gasteiger partial charge in [0.25, 0.3) is 0 Å². The van der Waals surface area contributed by atoms with E-state index in [1.54, 1.807) is 0 Å². The number of rotatable bonds is 2. The van der Waals surface area contributed by atoms with Crippen LogP contribution in [0.15, 0.2) is 30.3 Å². The molecule has 1 atom stereocenters. The number of nitrogens with two attached hydrogens (primary N) is 1. The minimum absolute atomic E-state index is 0.187. The van der Waals surface area contributed by atoms with Crippen LogP contribution < -0.4 is 10.6 Å². The third-order valence-corrected chi connectivity index (χ3v) is 2.61. The maximum absolute atomic E-state index is 11.6. The molecule has 3 nitrogen and oxygen atoms in total. The van der Waals surface area contributed by atoms with Crippen LogP contribution in [0.25, 0.3) is 0 Å². The zero-order valence-electron chi connectivity index (χ0n) is 8.02. The summed E-state index contributed by atoms with van der Waals surface area (Å²) in [6.45, 7) is 1.36. The van der Waals surface area contributed by atoms with Crippen LogP contribution >= 0.6 is 0 Å². The van der Waals surface area contributed by atoms with E-state index < -0.39 is 0 Å². The van der Waals surface area contributed by atoms with Gasteiger partial charge in [0.15, 0.2) is 0 Å². The normalized spacial score (nSPS) is 21.6. The topological polar surface area (TPSA) is 46.3 Å². The summed E-state index contributed by atoms with van der Waals surface area (Å²) in [6, 6.07) is 9.74. The lowest BCUT2D eigenvalue weighted by atomic mass is 10.1. The average molecular weight is 190 g/mol. The molecular formula is C11H14N2O. The molecule has 1 aliphatic heterocycles. The van der Waals surface area contributed by atoms with Gasteiger partial charge in [0.2, 0.25) is 5.91 Å². The van der Waals surface area contributed by atoms with Crippen LogP contribution in [0.5, 0.6) is 0 Å². The van der Waals surface area contributed by atoms with Gasteiger partial charge >= 0.3 is 0 Å². The van der Waals surface area contributed by atoms with E-state index in [-0.39, 0.29) is 5.91 Å². The number of para-hydroxylation sites is 1. The van der Waals surface area contributed by atoms with Gasteiger partial charge in [-0.15, -0.1) is 0 Å². The van der Waals surface area contributed by atoms with Crippen LogP contribution in [0.3, 0.4) is 0 Å². The SMILES string of the molecule is NC[C@@H]1CC(=O)N(c2ccccc2)C1. The zero-order valence-corrected chi connectivity index (χ0v) is 8.02. The fourth-order valence-corrected chi connectivity index (χ4v) is 1.80. The number of benzene rings is 1. The van der Waals surface area contributed by atoms with Gasteiger partial charge in [-0.1, -0.05) is 18.2 Å². The Labute approximate surface area is 83.5 Å². The van der Waals surface area contributed by atoms with Crippen molar-refractivity contribution in [2.24, 2.45) is 11.7 Å². The van der Waals surface area contributed by atoms with Crippen molar-refractivity contribution < 1.29 is 4.79 Å². The van der Waals surface area contributed by atoms with E-state index in [1.807, 2.05) is 35.2 Å². The minimum atomic E-state index is 0.187. The maximum atomic E-state index is 11.6. The predicted octanol–water partition coefficient (Wildman–Crippen LogP) is 0.998. The van der Waals surface area contributed by atoms with Gasteiger partial charge in [0.1, 0.15) is 0 Å². The number of hydrogen-bond acceptors (Lipinski definition) is 2. The summed E-state index contributed by atoms with van der Waals surface area (Å²) >= 11 is 0. The van der Waals surface area contributed by atoms with Crippen molar-refractivity contribution in [2.45, 2.75) is 6.42 Å². The largest absolute Gasteiger partial charge is 0.330 e. The molecule has 0 radical (unpaired) electrons. The standard InChI is InChI=1S/C11H14N2O/c12-7-9-6-11(14)13(8-9)10-4-2-1-3-5-10/h1-5,9H,6-8,12H2/t9-/m0/s1. The first-order chi connectivity index (χ1) is 6.81. The third-order valence-electron chi connectivity index (χ3n) is 2.61. The molecule has 0 bridgehead atoms. The fourth-order valence-electron chi connectivity index (χ4n) is 1.80. The molecule has 74 valence electrons. The minimum Gasteiger partial charge on any atom is -0.330 e. The molecule has 1 aliphatic rings. The fraction of sp³-hybridized carbons (Fsp3) is 0.364. The van der Waals surface area contributed by atoms with Crippen LogP contribution in [0.4, 0.5) is 5.69 Å². The molecule has 2 rings (SSSR count). The quantitative estimate of drug-likeness (QED) is 0.756. The summed E-state index contributed by atoms with van der Waals surface area (Å²) in [4.78, 5) is 13.4. The highest BCUT2D eigenvalue weighted by atomic mass is 16.2. The van der Waals surface area contributed by atoms with E-state index in [0.29, 0.717) is 18.9 Å². The number of hydrogen-bond donors (Lipinski definition) is 1. The van der Waals surface area contributed by atoms with Crippen LogP contribution in [-0.2, 0) is 4.79 Å². The Morgan fingerprint density at radius 3 is 2.64 bits per heavy atom. The number of carbonyl (C=O) groups is 1. The van der Waals surface area contributed by atoms with Gasteiger partial charge in [-0.25, -0.2) is 0 Å². The molecule has 1 fully saturated rings. The molecule has 2 N–H and O–H groups in total. The van der Waals surface area contributed by atoms with Crippen molar-refractivity contribution in [1.82, 2.24) is 0 Å². The van der Waals surface area contributed by atoms with Crippen LogP contribution in [0.1, 0.15) is 6.42 Å². The van der Waals surface area contributed by atoms with Crippen molar-refractivity contribution >= 4 is 11.6 Å². The van der Waals surface area contributed by atoms with Gasteiger partial charge in [0, 0.05) is 18.7 Å². The second-order valence-electron chi connectivity index (χ2n) is 3.65. The molecule has 1 aromatic rings. The number of amides is 1. The molecule has 0 aliphatic carbocycles. The molecule has 1 aromatic carbocycles. The molecule has 0 unspecified atom stereocenters. The number of carbonyl (C=O) groups excluding carboxylic acids is 1. The lowest BCUT2D eigenvalue weighted by molar-refractivity contribution is -0.117. The van der Waals surface area contributed by atoms with E-state index in [0.717, 1.165) is 12.2 Å². The highest BCUT2D eigenvalue weighted by Crippen LogP contribution is 2.23. The Morgan fingerprint density at radius 1 is 1.36 bits per heavy atom. The van der Waals surface area contributed by atoms with E-state index in [2.05, 4.69) is 0 Å². The van der Waals surface area contributed by atoms with E-state index >= 15 is 0 Å². The lowest BCUT2D eigenvalue weighted by Crippen LogP contribution is -2.25. The van der Waals surface area contributed by atoms with Crippen LogP contribution in [-0.4, -0.2) is 19.0 Å². The summed E-state index contributed by atoms with van der Waals surface area (Å²) in [7, 11) is 0. The van der Waals surface area contributed by atoms with Crippen molar-refractivity contribution in [2.75, 3.05) is 18.0 Å². The Balaban J connectivity index is 2.17. The molecule has 0 spiro atoms. The first kappa shape index (κ1) is 9.21. The maximum Gasteiger partial charge on any atom is 0.227 e. The molecule has 14 heavy (non-hydrogen) atoms. The second-order valence-corrected chi connectivity index (χ2v) is 3.65. The molecule has 3 heteroatoms. The Hall–Kier alpha value is -1.35. The van der Waals surface area contributed by atoms with Gasteiger partial charge < -0.3 is 10.6 Å². The first-order valence-electron chi connectivity index (χ1n) is 4.86. The van der Waals surface area contributed by atoms with E-state index in [1.165, 1.54) is 0 Å². The van der Waals surface area contributed by atoms with Gasteiger partial charge in [-0.05, 0) is 24.6 Å². The summed E-state index contributed by atoms with van der Waals surface area (Å²) in [6.07, 6.45) is 0.589. The summed E-state index contributed by atoms with van der Waals surface area (Å²) in [5.74, 6) is 0.509. The second kappa shape index (κ2) is 3.80. The molecule has 1 saturated heterocycles. The smallest absolute Gasteiger partial charge is 0.227 e. The summed E-state index contributed by atoms with van der Waals surface area (Å²) in [5, 5.41) is 0. The monoisotopic (exact) mass is 190 g/mol. The lowest BCUT2D eigenvalue weighted by Gasteiger charge is -2.15. The van der Waals surface area contributed by atoms with E-state index in [4.69, 9.17) is 5.73 Å². The summed E-state index contributed by atoms with van der Waals surface area (Å²) in [5.41, 5.74) is 6.54. The van der Waals surface area contributed by atoms with Crippen LogP contribution in [0.2, 0.25) is 0 Å². The Bertz CT molecular complexity index is 323. The first-order valence-corrected chi connectivity index (χ1v) is 4.86.